The summed E-state index contributed by atoms with van der Waals surface area (Å²) in [6.45, 7) is 6.00. The molecule has 1 spiro atoms. The van der Waals surface area contributed by atoms with Crippen LogP contribution in [0, 0.1) is 22.7 Å². The predicted octanol–water partition coefficient (Wildman–Crippen LogP) is 2.80. The van der Waals surface area contributed by atoms with Gasteiger partial charge in [0.1, 0.15) is 12.6 Å². The van der Waals surface area contributed by atoms with Crippen LogP contribution in [0.1, 0.15) is 46.0 Å². The molecule has 21 heavy (non-hydrogen) atoms. The fourth-order valence-electron chi connectivity index (χ4n) is 5.51. The molecule has 0 saturated heterocycles. The first kappa shape index (κ1) is 15.4. The Morgan fingerprint density at radius 3 is 2.81 bits per heavy atom. The standard InChI is InChI=1S/C17H28O4/c1-12-13-4-6-16(2)15(21-11-20-9-8-19-3)5-7-17(13,16)10-14(12)18/h12-13,15H,4-11H2,1-3H3. The average molecular weight is 296 g/mol. The van der Waals surface area contributed by atoms with Gasteiger partial charge in [0.2, 0.25) is 0 Å². The van der Waals surface area contributed by atoms with Gasteiger partial charge in [0, 0.05) is 24.9 Å². The van der Waals surface area contributed by atoms with Gasteiger partial charge in [-0.1, -0.05) is 13.8 Å². The van der Waals surface area contributed by atoms with Crippen molar-refractivity contribution in [1.82, 2.24) is 0 Å². The molecule has 3 aliphatic carbocycles. The number of carbonyl (C=O) groups excluding carboxylic acids is 1. The Labute approximate surface area is 127 Å². The Balaban J connectivity index is 1.64. The van der Waals surface area contributed by atoms with E-state index in [1.807, 2.05) is 0 Å². The van der Waals surface area contributed by atoms with Crippen molar-refractivity contribution in [3.8, 4) is 0 Å². The summed E-state index contributed by atoms with van der Waals surface area (Å²) in [6, 6.07) is 0. The van der Waals surface area contributed by atoms with E-state index in [9.17, 15) is 4.79 Å². The van der Waals surface area contributed by atoms with Crippen molar-refractivity contribution < 1.29 is 19.0 Å². The summed E-state index contributed by atoms with van der Waals surface area (Å²) in [4.78, 5) is 12.2. The first-order valence-corrected chi connectivity index (χ1v) is 8.26. The second-order valence-electron chi connectivity index (χ2n) is 7.36. The lowest BCUT2D eigenvalue weighted by atomic mass is 9.65. The van der Waals surface area contributed by atoms with Crippen molar-refractivity contribution >= 4 is 5.78 Å². The molecule has 0 N–H and O–H groups in total. The molecule has 0 aromatic carbocycles. The van der Waals surface area contributed by atoms with E-state index in [1.165, 1.54) is 12.8 Å². The maximum absolute atomic E-state index is 12.2. The number of rotatable bonds is 6. The predicted molar refractivity (Wildman–Crippen MR) is 78.9 cm³/mol. The van der Waals surface area contributed by atoms with Crippen molar-refractivity contribution in [2.24, 2.45) is 22.7 Å². The Morgan fingerprint density at radius 2 is 2.05 bits per heavy atom. The first-order chi connectivity index (χ1) is 10.0. The van der Waals surface area contributed by atoms with Crippen molar-refractivity contribution in [3.05, 3.63) is 0 Å². The van der Waals surface area contributed by atoms with Crippen LogP contribution in [0.5, 0.6) is 0 Å². The zero-order chi connectivity index (χ0) is 15.1. The Hall–Kier alpha value is -0.450. The van der Waals surface area contributed by atoms with Gasteiger partial charge in [-0.3, -0.25) is 4.79 Å². The summed E-state index contributed by atoms with van der Waals surface area (Å²) in [5.41, 5.74) is 0.364. The Kier molecular flexibility index (Phi) is 4.15. The minimum atomic E-state index is 0.155. The van der Waals surface area contributed by atoms with Crippen molar-refractivity contribution in [1.29, 1.82) is 0 Å². The van der Waals surface area contributed by atoms with E-state index >= 15 is 0 Å². The molecule has 0 amide bonds. The van der Waals surface area contributed by atoms with Gasteiger partial charge >= 0.3 is 0 Å². The summed E-state index contributed by atoms with van der Waals surface area (Å²) in [5.74, 6) is 1.31. The van der Waals surface area contributed by atoms with Gasteiger partial charge < -0.3 is 14.2 Å². The van der Waals surface area contributed by atoms with Crippen LogP contribution in [-0.4, -0.2) is 39.0 Å². The average Bonchev–Trinajstić information content (AvgIpc) is 2.98. The fourth-order valence-corrected chi connectivity index (χ4v) is 5.51. The first-order valence-electron chi connectivity index (χ1n) is 8.26. The lowest BCUT2D eigenvalue weighted by Crippen LogP contribution is -2.40. The molecule has 3 saturated carbocycles. The van der Waals surface area contributed by atoms with E-state index < -0.39 is 0 Å². The van der Waals surface area contributed by atoms with E-state index in [1.54, 1.807) is 7.11 Å². The molecule has 4 heteroatoms. The molecule has 0 radical (unpaired) electrons. The summed E-state index contributed by atoms with van der Waals surface area (Å²) in [6.07, 6.45) is 5.61. The van der Waals surface area contributed by atoms with Gasteiger partial charge in [-0.2, -0.15) is 0 Å². The molecule has 120 valence electrons. The lowest BCUT2D eigenvalue weighted by molar-refractivity contribution is -0.136. The molecular weight excluding hydrogens is 268 g/mol. The van der Waals surface area contributed by atoms with Gasteiger partial charge in [-0.15, -0.1) is 0 Å². The highest BCUT2D eigenvalue weighted by atomic mass is 16.7. The van der Waals surface area contributed by atoms with Crippen LogP contribution in [0.25, 0.3) is 0 Å². The van der Waals surface area contributed by atoms with E-state index in [-0.39, 0.29) is 22.9 Å². The largest absolute Gasteiger partial charge is 0.382 e. The monoisotopic (exact) mass is 296 g/mol. The van der Waals surface area contributed by atoms with E-state index in [2.05, 4.69) is 13.8 Å². The highest BCUT2D eigenvalue weighted by molar-refractivity contribution is 5.85. The smallest absolute Gasteiger partial charge is 0.147 e. The minimum absolute atomic E-state index is 0.155. The molecule has 0 aromatic heterocycles. The molecule has 0 aromatic rings. The van der Waals surface area contributed by atoms with Crippen molar-refractivity contribution in [2.75, 3.05) is 27.1 Å². The molecule has 5 atom stereocenters. The van der Waals surface area contributed by atoms with E-state index in [0.717, 1.165) is 19.3 Å². The zero-order valence-electron chi connectivity index (χ0n) is 13.5. The third kappa shape index (κ3) is 2.18. The van der Waals surface area contributed by atoms with Crippen molar-refractivity contribution in [3.63, 3.8) is 0 Å². The van der Waals surface area contributed by atoms with Crippen LogP contribution in [0.3, 0.4) is 0 Å². The minimum Gasteiger partial charge on any atom is -0.382 e. The highest BCUT2D eigenvalue weighted by Gasteiger charge is 2.69. The van der Waals surface area contributed by atoms with E-state index in [0.29, 0.717) is 31.7 Å². The second kappa shape index (κ2) is 5.64. The number of ether oxygens (including phenoxy) is 3. The third-order valence-electron chi connectivity index (χ3n) is 6.77. The number of ketones is 1. The molecule has 0 aliphatic heterocycles. The summed E-state index contributed by atoms with van der Waals surface area (Å²) in [7, 11) is 1.67. The van der Waals surface area contributed by atoms with Crippen LogP contribution in [0.15, 0.2) is 0 Å². The summed E-state index contributed by atoms with van der Waals surface area (Å²) < 4.78 is 16.5. The van der Waals surface area contributed by atoms with Gasteiger partial charge in [-0.05, 0) is 37.0 Å². The maximum atomic E-state index is 12.2. The summed E-state index contributed by atoms with van der Waals surface area (Å²) >= 11 is 0. The maximum Gasteiger partial charge on any atom is 0.147 e. The van der Waals surface area contributed by atoms with Crippen LogP contribution in [-0.2, 0) is 19.0 Å². The molecule has 3 rings (SSSR count). The van der Waals surface area contributed by atoms with Gasteiger partial charge in [0.15, 0.2) is 0 Å². The van der Waals surface area contributed by atoms with Gasteiger partial charge in [-0.25, -0.2) is 0 Å². The molecular formula is C17H28O4. The van der Waals surface area contributed by atoms with Gasteiger partial charge in [0.05, 0.1) is 19.3 Å². The Morgan fingerprint density at radius 1 is 1.24 bits per heavy atom. The second-order valence-corrected chi connectivity index (χ2v) is 7.36. The fraction of sp³-hybridized carbons (Fsp3) is 0.941. The Bertz CT molecular complexity index is 410. The van der Waals surface area contributed by atoms with Crippen LogP contribution in [0.4, 0.5) is 0 Å². The number of Topliss-reactive ketones (excluding diaryl/α,β-unsaturated/α-hetero) is 1. The topological polar surface area (TPSA) is 44.8 Å². The number of hydrogen-bond acceptors (Lipinski definition) is 4. The van der Waals surface area contributed by atoms with Gasteiger partial charge in [0.25, 0.3) is 0 Å². The molecule has 4 nitrogen and oxygen atoms in total. The molecule has 0 heterocycles. The van der Waals surface area contributed by atoms with E-state index in [4.69, 9.17) is 14.2 Å². The number of hydrogen-bond donors (Lipinski definition) is 0. The zero-order valence-corrected chi connectivity index (χ0v) is 13.5. The number of carbonyl (C=O) groups is 1. The SMILES string of the molecule is COCCOCOC1CCC23CC(=O)C(C)C2CCC13C. The highest BCUT2D eigenvalue weighted by Crippen LogP contribution is 2.71. The van der Waals surface area contributed by atoms with Crippen LogP contribution >= 0.6 is 0 Å². The summed E-state index contributed by atoms with van der Waals surface area (Å²) in [5, 5.41) is 0. The third-order valence-corrected chi connectivity index (χ3v) is 6.77. The van der Waals surface area contributed by atoms with Crippen LogP contribution in [0.2, 0.25) is 0 Å². The molecule has 3 aliphatic rings. The quantitative estimate of drug-likeness (QED) is 0.558. The molecule has 3 fully saturated rings. The van der Waals surface area contributed by atoms with Crippen LogP contribution < -0.4 is 0 Å². The molecule has 5 unspecified atom stereocenters. The normalized spacial score (nSPS) is 45.1. The molecule has 0 bridgehead atoms. The number of methoxy groups -OCH3 is 1. The van der Waals surface area contributed by atoms with Crippen molar-refractivity contribution in [2.45, 2.75) is 52.1 Å². The lowest BCUT2D eigenvalue weighted by Gasteiger charge is -2.40.